The highest BCUT2D eigenvalue weighted by Crippen LogP contribution is 2.16. The molecule has 0 aliphatic rings. The third kappa shape index (κ3) is 2.91. The van der Waals surface area contributed by atoms with Gasteiger partial charge in [-0.15, -0.1) is 0 Å². The van der Waals surface area contributed by atoms with Gasteiger partial charge in [-0.2, -0.15) is 0 Å². The van der Waals surface area contributed by atoms with Crippen molar-refractivity contribution >= 4 is 23.2 Å². The van der Waals surface area contributed by atoms with Crippen LogP contribution in [-0.4, -0.2) is 9.55 Å². The number of halogens is 2. The molecular formula is C13H12Cl2N2O2. The van der Waals surface area contributed by atoms with Crippen molar-refractivity contribution in [2.24, 2.45) is 0 Å². The molecule has 0 saturated heterocycles. The van der Waals surface area contributed by atoms with Crippen LogP contribution in [0.15, 0.2) is 33.9 Å². The van der Waals surface area contributed by atoms with E-state index in [-0.39, 0.29) is 10.7 Å². The zero-order valence-corrected chi connectivity index (χ0v) is 11.8. The van der Waals surface area contributed by atoms with Crippen LogP contribution in [0.2, 0.25) is 10.2 Å². The molecule has 0 atom stereocenters. The molecule has 1 aromatic carbocycles. The molecule has 6 heteroatoms. The average molecular weight is 299 g/mol. The number of aromatic nitrogens is 2. The number of nitrogens with one attached hydrogen (secondary N) is 1. The molecule has 4 nitrogen and oxygen atoms in total. The third-order valence-corrected chi connectivity index (χ3v) is 3.37. The van der Waals surface area contributed by atoms with Gasteiger partial charge in [0.1, 0.15) is 5.15 Å². The summed E-state index contributed by atoms with van der Waals surface area (Å²) in [5.74, 6) is 0. The second-order valence-corrected chi connectivity index (χ2v) is 4.89. The van der Waals surface area contributed by atoms with E-state index >= 15 is 0 Å². The summed E-state index contributed by atoms with van der Waals surface area (Å²) in [6.07, 6.45) is 0.328. The minimum absolute atomic E-state index is 0.0830. The standard InChI is InChI=1S/C13H12Cl2N2O2/c1-2-17-12(18)10(11(15)16-13(17)19)7-8-4-3-5-9(14)6-8/h3-6H,2,7H2,1H3,(H,16,19). The lowest BCUT2D eigenvalue weighted by Crippen LogP contribution is -2.36. The van der Waals surface area contributed by atoms with Crippen molar-refractivity contribution in [3.05, 3.63) is 66.4 Å². The maximum atomic E-state index is 12.2. The molecule has 2 aromatic rings. The van der Waals surface area contributed by atoms with Gasteiger partial charge < -0.3 is 0 Å². The Bertz CT molecular complexity index is 719. The molecule has 1 heterocycles. The second kappa shape index (κ2) is 5.63. The van der Waals surface area contributed by atoms with E-state index in [9.17, 15) is 9.59 Å². The van der Waals surface area contributed by atoms with Crippen LogP contribution < -0.4 is 11.2 Å². The second-order valence-electron chi connectivity index (χ2n) is 4.08. The molecule has 2 rings (SSSR count). The molecule has 0 fully saturated rings. The zero-order valence-electron chi connectivity index (χ0n) is 10.2. The van der Waals surface area contributed by atoms with E-state index in [1.165, 1.54) is 0 Å². The smallest absolute Gasteiger partial charge is 0.297 e. The third-order valence-electron chi connectivity index (χ3n) is 2.82. The molecule has 1 aromatic heterocycles. The molecule has 0 aliphatic carbocycles. The zero-order chi connectivity index (χ0) is 14.0. The average Bonchev–Trinajstić information content (AvgIpc) is 2.35. The molecule has 0 amide bonds. The summed E-state index contributed by atoms with van der Waals surface area (Å²) in [5.41, 5.74) is 0.371. The molecule has 0 bridgehead atoms. The van der Waals surface area contributed by atoms with Crippen LogP contribution in [0, 0.1) is 0 Å². The summed E-state index contributed by atoms with van der Waals surface area (Å²) < 4.78 is 1.12. The van der Waals surface area contributed by atoms with Crippen LogP contribution in [-0.2, 0) is 13.0 Å². The van der Waals surface area contributed by atoms with Gasteiger partial charge in [-0.25, -0.2) is 4.79 Å². The van der Waals surface area contributed by atoms with E-state index in [1.807, 2.05) is 6.07 Å². The number of rotatable bonds is 3. The Morgan fingerprint density at radius 2 is 2.00 bits per heavy atom. The van der Waals surface area contributed by atoms with E-state index < -0.39 is 5.69 Å². The number of nitrogens with zero attached hydrogens (tertiary/aromatic N) is 1. The molecule has 1 N–H and O–H groups in total. The highest BCUT2D eigenvalue weighted by atomic mass is 35.5. The fourth-order valence-electron chi connectivity index (χ4n) is 1.88. The summed E-state index contributed by atoms with van der Waals surface area (Å²) in [4.78, 5) is 26.2. The molecule has 0 radical (unpaired) electrons. The molecule has 100 valence electrons. The summed E-state index contributed by atoms with van der Waals surface area (Å²) in [6.45, 7) is 2.03. The highest BCUT2D eigenvalue weighted by Gasteiger charge is 2.12. The van der Waals surface area contributed by atoms with E-state index in [0.29, 0.717) is 23.6 Å². The predicted octanol–water partition coefficient (Wildman–Crippen LogP) is 2.45. The first-order valence-corrected chi connectivity index (χ1v) is 6.54. The Morgan fingerprint density at radius 1 is 1.26 bits per heavy atom. The van der Waals surface area contributed by atoms with E-state index in [4.69, 9.17) is 23.2 Å². The number of aromatic amines is 1. The van der Waals surface area contributed by atoms with Gasteiger partial charge in [0, 0.05) is 18.0 Å². The van der Waals surface area contributed by atoms with E-state index in [1.54, 1.807) is 25.1 Å². The Balaban J connectivity index is 2.52. The van der Waals surface area contributed by atoms with Gasteiger partial charge >= 0.3 is 5.69 Å². The van der Waals surface area contributed by atoms with Crippen molar-refractivity contribution in [3.8, 4) is 0 Å². The van der Waals surface area contributed by atoms with Crippen LogP contribution in [0.5, 0.6) is 0 Å². The molecule has 0 spiro atoms. The Labute approximate surface area is 119 Å². The lowest BCUT2D eigenvalue weighted by molar-refractivity contribution is 0.663. The van der Waals surface area contributed by atoms with Crippen LogP contribution in [0.3, 0.4) is 0 Å². The number of hydrogen-bond donors (Lipinski definition) is 1. The van der Waals surface area contributed by atoms with Crippen molar-refractivity contribution in [1.82, 2.24) is 9.55 Å². The van der Waals surface area contributed by atoms with Gasteiger partial charge in [-0.1, -0.05) is 35.3 Å². The SMILES string of the molecule is CCn1c(=O)[nH]c(Cl)c(Cc2cccc(Cl)c2)c1=O. The summed E-state index contributed by atoms with van der Waals surface area (Å²) in [6, 6.07) is 7.17. The van der Waals surface area contributed by atoms with Crippen molar-refractivity contribution < 1.29 is 0 Å². The first-order chi connectivity index (χ1) is 9.02. The fourth-order valence-corrected chi connectivity index (χ4v) is 2.32. The highest BCUT2D eigenvalue weighted by molar-refractivity contribution is 6.30. The predicted molar refractivity (Wildman–Crippen MR) is 76.3 cm³/mol. The Hall–Kier alpha value is -1.52. The minimum Gasteiger partial charge on any atom is -0.297 e. The number of H-pyrrole nitrogens is 1. The summed E-state index contributed by atoms with van der Waals surface area (Å²) in [5, 5.41) is 0.675. The van der Waals surface area contributed by atoms with Crippen LogP contribution in [0.4, 0.5) is 0 Å². The lowest BCUT2D eigenvalue weighted by Gasteiger charge is -2.07. The Morgan fingerprint density at radius 3 is 2.63 bits per heavy atom. The molecule has 0 saturated carbocycles. The van der Waals surface area contributed by atoms with Gasteiger partial charge in [-0.05, 0) is 24.6 Å². The van der Waals surface area contributed by atoms with Gasteiger partial charge in [0.2, 0.25) is 0 Å². The maximum Gasteiger partial charge on any atom is 0.329 e. The van der Waals surface area contributed by atoms with Crippen LogP contribution in [0.1, 0.15) is 18.1 Å². The Kier molecular flexibility index (Phi) is 4.12. The van der Waals surface area contributed by atoms with E-state index in [2.05, 4.69) is 4.98 Å². The summed E-state index contributed by atoms with van der Waals surface area (Å²) in [7, 11) is 0. The van der Waals surface area contributed by atoms with Crippen LogP contribution >= 0.6 is 23.2 Å². The number of benzene rings is 1. The minimum atomic E-state index is -0.493. The first-order valence-electron chi connectivity index (χ1n) is 5.79. The van der Waals surface area contributed by atoms with Gasteiger partial charge in [0.15, 0.2) is 0 Å². The van der Waals surface area contributed by atoms with Crippen molar-refractivity contribution in [2.75, 3.05) is 0 Å². The molecular weight excluding hydrogens is 287 g/mol. The van der Waals surface area contributed by atoms with Crippen molar-refractivity contribution in [3.63, 3.8) is 0 Å². The first kappa shape index (κ1) is 13.9. The van der Waals surface area contributed by atoms with Gasteiger partial charge in [0.25, 0.3) is 5.56 Å². The van der Waals surface area contributed by atoms with Crippen LogP contribution in [0.25, 0.3) is 0 Å². The van der Waals surface area contributed by atoms with Crippen molar-refractivity contribution in [1.29, 1.82) is 0 Å². The normalized spacial score (nSPS) is 10.7. The van der Waals surface area contributed by atoms with E-state index in [0.717, 1.165) is 10.1 Å². The topological polar surface area (TPSA) is 54.9 Å². The van der Waals surface area contributed by atoms with Crippen molar-refractivity contribution in [2.45, 2.75) is 19.9 Å². The molecule has 0 aliphatic heterocycles. The lowest BCUT2D eigenvalue weighted by atomic mass is 10.1. The largest absolute Gasteiger partial charge is 0.329 e. The summed E-state index contributed by atoms with van der Waals surface area (Å²) >= 11 is 11.9. The van der Waals surface area contributed by atoms with Gasteiger partial charge in [0.05, 0.1) is 5.56 Å². The van der Waals surface area contributed by atoms with Gasteiger partial charge in [-0.3, -0.25) is 14.3 Å². The molecule has 19 heavy (non-hydrogen) atoms. The monoisotopic (exact) mass is 298 g/mol. The fraction of sp³-hybridized carbons (Fsp3) is 0.231. The maximum absolute atomic E-state index is 12.2. The molecule has 0 unspecified atom stereocenters. The number of hydrogen-bond acceptors (Lipinski definition) is 2. The quantitative estimate of drug-likeness (QED) is 0.885.